The Balaban J connectivity index is 1.56. The van der Waals surface area contributed by atoms with E-state index in [1.165, 1.54) is 12.8 Å². The Kier molecular flexibility index (Phi) is 3.90. The van der Waals surface area contributed by atoms with Gasteiger partial charge in [-0.25, -0.2) is 4.68 Å². The van der Waals surface area contributed by atoms with Crippen molar-refractivity contribution in [2.45, 2.75) is 19.6 Å². The van der Waals surface area contributed by atoms with Crippen molar-refractivity contribution < 1.29 is 9.53 Å². The lowest BCUT2D eigenvalue weighted by Gasteiger charge is -2.14. The number of benzene rings is 1. The molecule has 5 heteroatoms. The van der Waals surface area contributed by atoms with E-state index in [-0.39, 0.29) is 5.91 Å². The standard InChI is InChI=1S/C16H19N3O2/c1-18(11-13-7-8-13)16(20)15-9-10-19(17-15)12-21-14-5-3-2-4-6-14/h2-6,9-10,13H,7-8,11-12H2,1H3. The largest absolute Gasteiger partial charge is 0.471 e. The first-order valence-corrected chi connectivity index (χ1v) is 7.19. The number of carbonyl (C=O) groups is 1. The molecule has 110 valence electrons. The first-order valence-electron chi connectivity index (χ1n) is 7.19. The third-order valence-corrected chi connectivity index (χ3v) is 3.54. The SMILES string of the molecule is CN(CC1CC1)C(=O)c1ccn(COc2ccccc2)n1. The minimum Gasteiger partial charge on any atom is -0.471 e. The number of hydrogen-bond donors (Lipinski definition) is 0. The molecule has 1 aromatic carbocycles. The quantitative estimate of drug-likeness (QED) is 0.819. The van der Waals surface area contributed by atoms with Crippen molar-refractivity contribution in [1.82, 2.24) is 14.7 Å². The number of aromatic nitrogens is 2. The highest BCUT2D eigenvalue weighted by atomic mass is 16.5. The minimum absolute atomic E-state index is 0.0274. The number of rotatable bonds is 6. The Bertz CT molecular complexity index is 605. The molecule has 5 nitrogen and oxygen atoms in total. The summed E-state index contributed by atoms with van der Waals surface area (Å²) in [4.78, 5) is 14.0. The zero-order valence-corrected chi connectivity index (χ0v) is 12.1. The molecular weight excluding hydrogens is 266 g/mol. The average Bonchev–Trinajstić information content (AvgIpc) is 3.20. The van der Waals surface area contributed by atoms with Gasteiger partial charge in [0.25, 0.3) is 5.91 Å². The molecule has 1 heterocycles. The maximum absolute atomic E-state index is 12.2. The first-order chi connectivity index (χ1) is 10.2. The molecule has 1 amide bonds. The second-order valence-electron chi connectivity index (χ2n) is 5.46. The molecule has 0 radical (unpaired) electrons. The normalized spacial score (nSPS) is 14.0. The van der Waals surface area contributed by atoms with Crippen LogP contribution in [-0.2, 0) is 6.73 Å². The summed E-state index contributed by atoms with van der Waals surface area (Å²) in [5.41, 5.74) is 0.467. The first kappa shape index (κ1) is 13.7. The van der Waals surface area contributed by atoms with E-state index >= 15 is 0 Å². The van der Waals surface area contributed by atoms with Crippen LogP contribution < -0.4 is 4.74 Å². The van der Waals surface area contributed by atoms with E-state index in [2.05, 4.69) is 5.10 Å². The average molecular weight is 285 g/mol. The molecule has 1 aliphatic rings. The van der Waals surface area contributed by atoms with E-state index in [1.807, 2.05) is 37.4 Å². The summed E-state index contributed by atoms with van der Waals surface area (Å²) < 4.78 is 7.23. The van der Waals surface area contributed by atoms with Gasteiger partial charge in [-0.15, -0.1) is 0 Å². The van der Waals surface area contributed by atoms with Crippen molar-refractivity contribution in [1.29, 1.82) is 0 Å². The van der Waals surface area contributed by atoms with Gasteiger partial charge >= 0.3 is 0 Å². The number of hydrogen-bond acceptors (Lipinski definition) is 3. The molecule has 0 unspecified atom stereocenters. The van der Waals surface area contributed by atoms with Crippen molar-refractivity contribution in [2.24, 2.45) is 5.92 Å². The van der Waals surface area contributed by atoms with E-state index in [0.29, 0.717) is 18.3 Å². The summed E-state index contributed by atoms with van der Waals surface area (Å²) in [5, 5.41) is 4.27. The van der Waals surface area contributed by atoms with E-state index in [1.54, 1.807) is 21.8 Å². The van der Waals surface area contributed by atoms with Crippen molar-refractivity contribution in [3.63, 3.8) is 0 Å². The van der Waals surface area contributed by atoms with Gasteiger partial charge in [0.15, 0.2) is 6.73 Å². The number of carbonyl (C=O) groups excluding carboxylic acids is 1. The topological polar surface area (TPSA) is 47.4 Å². The molecule has 1 saturated carbocycles. The molecule has 1 aromatic heterocycles. The van der Waals surface area contributed by atoms with Crippen LogP contribution in [0.1, 0.15) is 23.3 Å². The Labute approximate surface area is 124 Å². The van der Waals surface area contributed by atoms with Crippen LogP contribution in [0.4, 0.5) is 0 Å². The highest BCUT2D eigenvalue weighted by Crippen LogP contribution is 2.29. The van der Waals surface area contributed by atoms with Crippen molar-refractivity contribution >= 4 is 5.91 Å². The van der Waals surface area contributed by atoms with Crippen LogP contribution in [0.15, 0.2) is 42.6 Å². The molecule has 0 spiro atoms. The molecule has 2 aromatic rings. The molecule has 1 aliphatic carbocycles. The monoisotopic (exact) mass is 285 g/mol. The Morgan fingerprint density at radius 3 is 2.81 bits per heavy atom. The fourth-order valence-electron chi connectivity index (χ4n) is 2.17. The lowest BCUT2D eigenvalue weighted by Crippen LogP contribution is -2.29. The predicted molar refractivity (Wildman–Crippen MR) is 79.0 cm³/mol. The van der Waals surface area contributed by atoms with Gasteiger partial charge in [-0.3, -0.25) is 4.79 Å². The number of ether oxygens (including phenoxy) is 1. The van der Waals surface area contributed by atoms with Gasteiger partial charge in [0.1, 0.15) is 11.4 Å². The summed E-state index contributed by atoms with van der Waals surface area (Å²) in [7, 11) is 1.83. The van der Waals surface area contributed by atoms with E-state index in [9.17, 15) is 4.79 Å². The zero-order chi connectivity index (χ0) is 14.7. The number of nitrogens with zero attached hydrogens (tertiary/aromatic N) is 3. The maximum Gasteiger partial charge on any atom is 0.274 e. The fraction of sp³-hybridized carbons (Fsp3) is 0.375. The van der Waals surface area contributed by atoms with Gasteiger partial charge in [-0.2, -0.15) is 5.10 Å². The van der Waals surface area contributed by atoms with Crippen LogP contribution in [0.5, 0.6) is 5.75 Å². The zero-order valence-electron chi connectivity index (χ0n) is 12.1. The minimum atomic E-state index is -0.0274. The molecule has 0 atom stereocenters. The van der Waals surface area contributed by atoms with Crippen LogP contribution in [0, 0.1) is 5.92 Å². The number of amides is 1. The van der Waals surface area contributed by atoms with Gasteiger partial charge in [-0.1, -0.05) is 18.2 Å². The second-order valence-corrected chi connectivity index (χ2v) is 5.46. The van der Waals surface area contributed by atoms with Crippen LogP contribution in [0.3, 0.4) is 0 Å². The van der Waals surface area contributed by atoms with Crippen molar-refractivity contribution in [2.75, 3.05) is 13.6 Å². The smallest absolute Gasteiger partial charge is 0.274 e. The maximum atomic E-state index is 12.2. The molecule has 21 heavy (non-hydrogen) atoms. The van der Waals surface area contributed by atoms with Crippen molar-refractivity contribution in [3.8, 4) is 5.75 Å². The summed E-state index contributed by atoms with van der Waals surface area (Å²) in [5.74, 6) is 1.44. The Hall–Kier alpha value is -2.30. The third kappa shape index (κ3) is 3.62. The highest BCUT2D eigenvalue weighted by molar-refractivity contribution is 5.92. The Morgan fingerprint density at radius 1 is 1.33 bits per heavy atom. The predicted octanol–water partition coefficient (Wildman–Crippen LogP) is 2.40. The molecule has 0 aliphatic heterocycles. The van der Waals surface area contributed by atoms with E-state index in [4.69, 9.17) is 4.74 Å². The summed E-state index contributed by atoms with van der Waals surface area (Å²) >= 11 is 0. The molecule has 0 bridgehead atoms. The molecular formula is C16H19N3O2. The van der Waals surface area contributed by atoms with Gasteiger partial charge in [0.05, 0.1) is 0 Å². The van der Waals surface area contributed by atoms with Gasteiger partial charge in [-0.05, 0) is 37.0 Å². The second kappa shape index (κ2) is 5.99. The lowest BCUT2D eigenvalue weighted by molar-refractivity contribution is 0.0780. The van der Waals surface area contributed by atoms with Crippen molar-refractivity contribution in [3.05, 3.63) is 48.3 Å². The number of para-hydroxylation sites is 1. The molecule has 1 fully saturated rings. The molecule has 0 N–H and O–H groups in total. The Morgan fingerprint density at radius 2 is 2.10 bits per heavy atom. The van der Waals surface area contributed by atoms with Crippen LogP contribution in [-0.4, -0.2) is 34.2 Å². The highest BCUT2D eigenvalue weighted by Gasteiger charge is 2.25. The van der Waals surface area contributed by atoms with Gasteiger partial charge in [0, 0.05) is 19.8 Å². The summed E-state index contributed by atoms with van der Waals surface area (Å²) in [6, 6.07) is 11.3. The summed E-state index contributed by atoms with van der Waals surface area (Å²) in [6.45, 7) is 1.12. The van der Waals surface area contributed by atoms with Crippen LogP contribution >= 0.6 is 0 Å². The van der Waals surface area contributed by atoms with Crippen LogP contribution in [0.25, 0.3) is 0 Å². The third-order valence-electron chi connectivity index (χ3n) is 3.54. The molecule has 3 rings (SSSR count). The van der Waals surface area contributed by atoms with Gasteiger partial charge < -0.3 is 9.64 Å². The van der Waals surface area contributed by atoms with E-state index in [0.717, 1.165) is 12.3 Å². The summed E-state index contributed by atoms with van der Waals surface area (Å²) in [6.07, 6.45) is 4.23. The van der Waals surface area contributed by atoms with Crippen LogP contribution in [0.2, 0.25) is 0 Å². The van der Waals surface area contributed by atoms with E-state index < -0.39 is 0 Å². The molecule has 0 saturated heterocycles. The van der Waals surface area contributed by atoms with Gasteiger partial charge in [0.2, 0.25) is 0 Å². The lowest BCUT2D eigenvalue weighted by atomic mass is 10.3. The fourth-order valence-corrected chi connectivity index (χ4v) is 2.17.